The summed E-state index contributed by atoms with van der Waals surface area (Å²) in [5.74, 6) is -0.864. The van der Waals surface area contributed by atoms with Crippen LogP contribution in [-0.2, 0) is 0 Å². The molecule has 1 heterocycles. The van der Waals surface area contributed by atoms with Gasteiger partial charge in [0.05, 0.1) is 6.61 Å². The van der Waals surface area contributed by atoms with Crippen LogP contribution in [-0.4, -0.2) is 18.1 Å². The van der Waals surface area contributed by atoms with Crippen molar-refractivity contribution in [3.05, 3.63) is 42.0 Å². The summed E-state index contributed by atoms with van der Waals surface area (Å²) in [7, 11) is 0. The zero-order valence-electron chi connectivity index (χ0n) is 11.8. The maximum absolute atomic E-state index is 13.7. The Hall–Kier alpha value is -2.37. The first kappa shape index (κ1) is 15.0. The highest BCUT2D eigenvalue weighted by molar-refractivity contribution is 5.41. The van der Waals surface area contributed by atoms with Crippen molar-refractivity contribution in [3.63, 3.8) is 0 Å². The summed E-state index contributed by atoms with van der Waals surface area (Å²) in [5.41, 5.74) is 0. The first-order valence-corrected chi connectivity index (χ1v) is 6.64. The Morgan fingerprint density at radius 2 is 1.71 bits per heavy atom. The number of halogens is 2. The lowest BCUT2D eigenvalue weighted by Crippen LogP contribution is -2.04. The van der Waals surface area contributed by atoms with Crippen molar-refractivity contribution in [2.45, 2.75) is 13.8 Å². The van der Waals surface area contributed by atoms with Crippen LogP contribution in [0.1, 0.15) is 13.8 Å². The Labute approximate surface area is 121 Å². The summed E-state index contributed by atoms with van der Waals surface area (Å²) in [4.78, 5) is 3.80. The van der Waals surface area contributed by atoms with E-state index >= 15 is 0 Å². The Kier molecular flexibility index (Phi) is 4.92. The van der Waals surface area contributed by atoms with Crippen LogP contribution >= 0.6 is 0 Å². The topological polar surface area (TPSA) is 43.4 Å². The van der Waals surface area contributed by atoms with Crippen molar-refractivity contribution >= 4 is 5.82 Å². The van der Waals surface area contributed by atoms with Crippen LogP contribution in [0.2, 0.25) is 0 Å². The van der Waals surface area contributed by atoms with Gasteiger partial charge in [-0.25, -0.2) is 8.78 Å². The van der Waals surface area contributed by atoms with Gasteiger partial charge in [-0.05, 0) is 38.1 Å². The fourth-order valence-corrected chi connectivity index (χ4v) is 1.69. The van der Waals surface area contributed by atoms with Gasteiger partial charge in [0.25, 0.3) is 5.88 Å². The molecule has 0 amide bonds. The molecule has 0 aliphatic carbocycles. The van der Waals surface area contributed by atoms with E-state index in [1.807, 2.05) is 6.92 Å². The third-order valence-corrected chi connectivity index (χ3v) is 2.59. The average molecular weight is 294 g/mol. The molecule has 1 aromatic carbocycles. The first-order chi connectivity index (χ1) is 10.1. The molecule has 21 heavy (non-hydrogen) atoms. The van der Waals surface area contributed by atoms with E-state index in [4.69, 9.17) is 9.47 Å². The number of hydrogen-bond donors (Lipinski definition) is 1. The maximum Gasteiger partial charge on any atom is 0.258 e. The first-order valence-electron chi connectivity index (χ1n) is 6.64. The lowest BCUT2D eigenvalue weighted by molar-refractivity contribution is 0.339. The van der Waals surface area contributed by atoms with Gasteiger partial charge in [-0.3, -0.25) is 0 Å². The minimum atomic E-state index is -0.858. The molecule has 0 atom stereocenters. The molecule has 6 heteroatoms. The average Bonchev–Trinajstić information content (AvgIpc) is 2.46. The minimum Gasteiger partial charge on any atom is -0.494 e. The Morgan fingerprint density at radius 3 is 2.33 bits per heavy atom. The summed E-state index contributed by atoms with van der Waals surface area (Å²) in [5, 5.41) is 2.70. The lowest BCUT2D eigenvalue weighted by atomic mass is 10.3. The predicted octanol–water partition coefficient (Wildman–Crippen LogP) is 3.98. The SMILES string of the molecule is CCNc1nc(Oc2ccc(OCC)cc2)c(F)cc1F. The van der Waals surface area contributed by atoms with Gasteiger partial charge >= 0.3 is 0 Å². The molecular weight excluding hydrogens is 278 g/mol. The number of benzene rings is 1. The van der Waals surface area contributed by atoms with E-state index in [9.17, 15) is 8.78 Å². The maximum atomic E-state index is 13.7. The van der Waals surface area contributed by atoms with Gasteiger partial charge in [0.2, 0.25) is 0 Å². The van der Waals surface area contributed by atoms with Crippen molar-refractivity contribution < 1.29 is 18.3 Å². The van der Waals surface area contributed by atoms with E-state index in [-0.39, 0.29) is 11.7 Å². The Bertz CT molecular complexity index is 603. The molecule has 0 saturated heterocycles. The van der Waals surface area contributed by atoms with E-state index in [1.54, 1.807) is 31.2 Å². The highest BCUT2D eigenvalue weighted by Gasteiger charge is 2.13. The van der Waals surface area contributed by atoms with Gasteiger partial charge < -0.3 is 14.8 Å². The van der Waals surface area contributed by atoms with E-state index in [1.165, 1.54) is 0 Å². The van der Waals surface area contributed by atoms with Crippen molar-refractivity contribution in [2.75, 3.05) is 18.5 Å². The lowest BCUT2D eigenvalue weighted by Gasteiger charge is -2.10. The van der Waals surface area contributed by atoms with Crippen molar-refractivity contribution in [1.82, 2.24) is 4.98 Å². The van der Waals surface area contributed by atoms with Gasteiger partial charge in [-0.1, -0.05) is 0 Å². The van der Waals surface area contributed by atoms with E-state index in [0.717, 1.165) is 6.07 Å². The number of pyridine rings is 1. The third-order valence-electron chi connectivity index (χ3n) is 2.59. The smallest absolute Gasteiger partial charge is 0.258 e. The number of hydrogen-bond acceptors (Lipinski definition) is 4. The molecular formula is C15H16F2N2O2. The van der Waals surface area contributed by atoms with Crippen molar-refractivity contribution in [1.29, 1.82) is 0 Å². The minimum absolute atomic E-state index is 0.0418. The molecule has 0 aliphatic rings. The predicted molar refractivity (Wildman–Crippen MR) is 76.0 cm³/mol. The molecule has 0 unspecified atom stereocenters. The van der Waals surface area contributed by atoms with Crippen LogP contribution < -0.4 is 14.8 Å². The number of anilines is 1. The van der Waals surface area contributed by atoms with Crippen LogP contribution in [0.3, 0.4) is 0 Å². The van der Waals surface area contributed by atoms with E-state index in [2.05, 4.69) is 10.3 Å². The second kappa shape index (κ2) is 6.88. The number of nitrogens with one attached hydrogen (secondary N) is 1. The monoisotopic (exact) mass is 294 g/mol. The largest absolute Gasteiger partial charge is 0.494 e. The molecule has 2 rings (SSSR count). The van der Waals surface area contributed by atoms with Gasteiger partial charge in [0, 0.05) is 12.6 Å². The Balaban J connectivity index is 2.20. The van der Waals surface area contributed by atoms with Crippen LogP contribution in [0.15, 0.2) is 30.3 Å². The summed E-state index contributed by atoms with van der Waals surface area (Å²) < 4.78 is 37.8. The second-order valence-electron chi connectivity index (χ2n) is 4.14. The Morgan fingerprint density at radius 1 is 1.05 bits per heavy atom. The number of ether oxygens (including phenoxy) is 2. The van der Waals surface area contributed by atoms with Crippen molar-refractivity contribution in [2.24, 2.45) is 0 Å². The molecule has 1 N–H and O–H groups in total. The number of rotatable bonds is 6. The van der Waals surface area contributed by atoms with E-state index < -0.39 is 11.6 Å². The van der Waals surface area contributed by atoms with Crippen LogP contribution in [0.4, 0.5) is 14.6 Å². The zero-order valence-corrected chi connectivity index (χ0v) is 11.8. The van der Waals surface area contributed by atoms with Crippen molar-refractivity contribution in [3.8, 4) is 17.4 Å². The molecule has 112 valence electrons. The molecule has 0 bridgehead atoms. The zero-order chi connectivity index (χ0) is 15.2. The number of aromatic nitrogens is 1. The standard InChI is InChI=1S/C15H16F2N2O2/c1-3-18-14-12(16)9-13(17)15(19-14)21-11-7-5-10(6-8-11)20-4-2/h5-9H,3-4H2,1-2H3,(H,18,19). The summed E-state index contributed by atoms with van der Waals surface area (Å²) in [6.45, 7) is 4.69. The van der Waals surface area contributed by atoms with Gasteiger partial charge in [0.1, 0.15) is 11.5 Å². The molecule has 0 aliphatic heterocycles. The molecule has 0 radical (unpaired) electrons. The van der Waals surface area contributed by atoms with Crippen LogP contribution in [0, 0.1) is 11.6 Å². The molecule has 0 spiro atoms. The number of nitrogens with zero attached hydrogens (tertiary/aromatic N) is 1. The molecule has 0 fully saturated rings. The third kappa shape index (κ3) is 3.81. The van der Waals surface area contributed by atoms with Gasteiger partial charge in [0.15, 0.2) is 17.5 Å². The highest BCUT2D eigenvalue weighted by atomic mass is 19.1. The van der Waals surface area contributed by atoms with Crippen LogP contribution in [0.25, 0.3) is 0 Å². The quantitative estimate of drug-likeness (QED) is 0.875. The highest BCUT2D eigenvalue weighted by Crippen LogP contribution is 2.27. The summed E-state index contributed by atoms with van der Waals surface area (Å²) in [6, 6.07) is 7.40. The van der Waals surface area contributed by atoms with Crippen LogP contribution in [0.5, 0.6) is 17.4 Å². The van der Waals surface area contributed by atoms with E-state index in [0.29, 0.717) is 24.7 Å². The normalized spacial score (nSPS) is 10.3. The molecule has 1 aromatic heterocycles. The fraction of sp³-hybridized carbons (Fsp3) is 0.267. The summed E-state index contributed by atoms with van der Waals surface area (Å²) in [6.07, 6.45) is 0. The molecule has 4 nitrogen and oxygen atoms in total. The molecule has 0 saturated carbocycles. The summed E-state index contributed by atoms with van der Waals surface area (Å²) >= 11 is 0. The van der Waals surface area contributed by atoms with Gasteiger partial charge in [-0.2, -0.15) is 4.98 Å². The fourth-order valence-electron chi connectivity index (χ4n) is 1.69. The second-order valence-corrected chi connectivity index (χ2v) is 4.14. The van der Waals surface area contributed by atoms with Gasteiger partial charge in [-0.15, -0.1) is 0 Å². The molecule has 2 aromatic rings.